The highest BCUT2D eigenvalue weighted by atomic mass is 32.2. The fraction of sp³-hybridized carbons (Fsp3) is 0.636. The number of carbonyl (C=O) groups is 2. The van der Waals surface area contributed by atoms with Gasteiger partial charge in [-0.15, -0.1) is 10.2 Å². The summed E-state index contributed by atoms with van der Waals surface area (Å²) in [4.78, 5) is 23.3. The van der Waals surface area contributed by atoms with Crippen molar-refractivity contribution >= 4 is 50.1 Å². The van der Waals surface area contributed by atoms with Gasteiger partial charge in [0.2, 0.25) is 27.0 Å². The monoisotopic (exact) mass is 379 g/mol. The van der Waals surface area contributed by atoms with E-state index in [1.54, 1.807) is 0 Å². The Balaban J connectivity index is 1.77. The molecule has 23 heavy (non-hydrogen) atoms. The minimum absolute atomic E-state index is 0.0481. The first kappa shape index (κ1) is 18.1. The summed E-state index contributed by atoms with van der Waals surface area (Å²) in [6.07, 6.45) is 3.09. The summed E-state index contributed by atoms with van der Waals surface area (Å²) in [5, 5.41) is 13.3. The molecule has 0 saturated heterocycles. The zero-order valence-electron chi connectivity index (χ0n) is 12.6. The molecule has 128 valence electrons. The van der Waals surface area contributed by atoms with Gasteiger partial charge < -0.3 is 5.32 Å². The van der Waals surface area contributed by atoms with Crippen molar-refractivity contribution in [1.29, 1.82) is 0 Å². The number of hydrogen-bond donors (Lipinski definition) is 2. The van der Waals surface area contributed by atoms with E-state index in [2.05, 4.69) is 20.8 Å². The molecule has 0 bridgehead atoms. The van der Waals surface area contributed by atoms with E-state index in [0.717, 1.165) is 34.7 Å². The minimum atomic E-state index is -3.42. The van der Waals surface area contributed by atoms with Crippen LogP contribution in [0.2, 0.25) is 0 Å². The van der Waals surface area contributed by atoms with Gasteiger partial charge in [0.1, 0.15) is 0 Å². The first-order valence-electron chi connectivity index (χ1n) is 6.71. The average molecular weight is 379 g/mol. The molecule has 12 heteroatoms. The number of rotatable bonds is 8. The number of amides is 2. The molecule has 1 fully saturated rings. The second-order valence-corrected chi connectivity index (χ2v) is 9.36. The summed E-state index contributed by atoms with van der Waals surface area (Å²) in [5.41, 5.74) is 0. The molecule has 1 aromatic heterocycles. The van der Waals surface area contributed by atoms with Gasteiger partial charge in [-0.2, -0.15) is 4.31 Å². The summed E-state index contributed by atoms with van der Waals surface area (Å²) in [6, 6.07) is 0.319. The number of hydrogen-bond acceptors (Lipinski definition) is 8. The van der Waals surface area contributed by atoms with Crippen LogP contribution in [-0.2, 0) is 19.6 Å². The molecule has 2 amide bonds. The van der Waals surface area contributed by atoms with E-state index in [1.807, 2.05) is 0 Å². The van der Waals surface area contributed by atoms with E-state index in [0.29, 0.717) is 10.4 Å². The fourth-order valence-electron chi connectivity index (χ4n) is 1.42. The fourth-order valence-corrected chi connectivity index (χ4v) is 3.35. The summed E-state index contributed by atoms with van der Waals surface area (Å²) in [5.74, 6) is -0.305. The normalized spacial score (nSPS) is 14.7. The molecule has 0 aliphatic heterocycles. The highest BCUT2D eigenvalue weighted by Crippen LogP contribution is 2.26. The van der Waals surface area contributed by atoms with Gasteiger partial charge in [0.15, 0.2) is 4.34 Å². The molecule has 0 unspecified atom stereocenters. The number of carbonyl (C=O) groups excluding carboxylic acids is 2. The van der Waals surface area contributed by atoms with Crippen LogP contribution < -0.4 is 10.6 Å². The summed E-state index contributed by atoms with van der Waals surface area (Å²) in [7, 11) is -2.10. The number of likely N-dealkylation sites (N-methyl/N-ethyl adjacent to an activating group) is 1. The van der Waals surface area contributed by atoms with Crippen LogP contribution >= 0.6 is 23.1 Å². The first-order chi connectivity index (χ1) is 10.7. The van der Waals surface area contributed by atoms with Gasteiger partial charge >= 0.3 is 0 Å². The molecule has 0 atom stereocenters. The molecule has 1 aliphatic rings. The lowest BCUT2D eigenvalue weighted by molar-refractivity contribution is -0.118. The van der Waals surface area contributed by atoms with Gasteiger partial charge in [0, 0.05) is 13.1 Å². The van der Waals surface area contributed by atoms with Crippen LogP contribution in [0, 0.1) is 0 Å². The number of anilines is 1. The number of nitrogens with one attached hydrogen (secondary N) is 2. The number of thioether (sulfide) groups is 1. The van der Waals surface area contributed by atoms with E-state index in [4.69, 9.17) is 0 Å². The molecule has 2 rings (SSSR count). The van der Waals surface area contributed by atoms with Crippen LogP contribution in [0.15, 0.2) is 4.34 Å². The molecule has 1 aliphatic carbocycles. The molecule has 9 nitrogen and oxygen atoms in total. The molecule has 1 saturated carbocycles. The van der Waals surface area contributed by atoms with Crippen LogP contribution in [0.4, 0.5) is 5.13 Å². The minimum Gasteiger partial charge on any atom is -0.353 e. The molecule has 2 N–H and O–H groups in total. The molecule has 0 aromatic carbocycles. The Morgan fingerprint density at radius 1 is 1.35 bits per heavy atom. The van der Waals surface area contributed by atoms with E-state index >= 15 is 0 Å². The van der Waals surface area contributed by atoms with E-state index in [9.17, 15) is 18.0 Å². The third kappa shape index (κ3) is 6.41. The Labute approximate surface area is 142 Å². The maximum atomic E-state index is 11.7. The molecular formula is C11H17N5O4S3. The molecule has 1 heterocycles. The van der Waals surface area contributed by atoms with E-state index in [-0.39, 0.29) is 23.3 Å². The highest BCUT2D eigenvalue weighted by Gasteiger charge is 2.23. The van der Waals surface area contributed by atoms with Gasteiger partial charge in [-0.3, -0.25) is 14.9 Å². The second kappa shape index (κ2) is 7.55. The van der Waals surface area contributed by atoms with Crippen LogP contribution in [0.25, 0.3) is 0 Å². The third-order valence-electron chi connectivity index (χ3n) is 2.85. The van der Waals surface area contributed by atoms with Crippen molar-refractivity contribution in [3.05, 3.63) is 0 Å². The first-order valence-corrected chi connectivity index (χ1v) is 10.4. The average Bonchev–Trinajstić information content (AvgIpc) is 3.13. The Hall–Kier alpha value is -1.24. The standard InChI is InChI=1S/C11H17N5O4S3/c1-16(23(2,19)20)5-8(17)13-10-14-15-11(22-10)21-6-9(18)12-7-3-4-7/h7H,3-6H2,1-2H3,(H,12,18)(H,13,14,17). The van der Waals surface area contributed by atoms with Crippen LogP contribution in [-0.4, -0.2) is 66.4 Å². The SMILES string of the molecule is CN(CC(=O)Nc1nnc(SCC(=O)NC2CC2)s1)S(C)(=O)=O. The topological polar surface area (TPSA) is 121 Å². The maximum Gasteiger partial charge on any atom is 0.241 e. The number of sulfonamides is 1. The Morgan fingerprint density at radius 2 is 2.04 bits per heavy atom. The Bertz CT molecular complexity index is 686. The summed E-state index contributed by atoms with van der Waals surface area (Å²) < 4.78 is 24.0. The van der Waals surface area contributed by atoms with Crippen molar-refractivity contribution in [3.8, 4) is 0 Å². The zero-order chi connectivity index (χ0) is 17.0. The molecule has 0 radical (unpaired) electrons. The van der Waals surface area contributed by atoms with Gasteiger partial charge in [-0.25, -0.2) is 8.42 Å². The van der Waals surface area contributed by atoms with E-state index < -0.39 is 15.9 Å². The lowest BCUT2D eigenvalue weighted by atomic mass is 10.6. The lowest BCUT2D eigenvalue weighted by Gasteiger charge is -2.12. The van der Waals surface area contributed by atoms with Crippen molar-refractivity contribution < 1.29 is 18.0 Å². The Kier molecular flexibility index (Phi) is 5.95. The van der Waals surface area contributed by atoms with Crippen molar-refractivity contribution in [2.75, 3.05) is 30.9 Å². The zero-order valence-corrected chi connectivity index (χ0v) is 15.1. The summed E-state index contributed by atoms with van der Waals surface area (Å²) in [6.45, 7) is -0.301. The van der Waals surface area contributed by atoms with Crippen LogP contribution in [0.5, 0.6) is 0 Å². The van der Waals surface area contributed by atoms with Gasteiger partial charge in [0.25, 0.3) is 0 Å². The van der Waals surface area contributed by atoms with Crippen molar-refractivity contribution in [2.24, 2.45) is 0 Å². The van der Waals surface area contributed by atoms with Crippen LogP contribution in [0.3, 0.4) is 0 Å². The predicted molar refractivity (Wildman–Crippen MR) is 87.9 cm³/mol. The Morgan fingerprint density at radius 3 is 2.65 bits per heavy atom. The van der Waals surface area contributed by atoms with Gasteiger partial charge in [0.05, 0.1) is 18.6 Å². The van der Waals surface area contributed by atoms with Crippen LogP contribution in [0.1, 0.15) is 12.8 Å². The predicted octanol–water partition coefficient (Wildman–Crippen LogP) is -0.261. The molecular weight excluding hydrogens is 362 g/mol. The largest absolute Gasteiger partial charge is 0.353 e. The third-order valence-corrected chi connectivity index (χ3v) is 6.09. The molecule has 1 aromatic rings. The smallest absolute Gasteiger partial charge is 0.241 e. The molecule has 0 spiro atoms. The lowest BCUT2D eigenvalue weighted by Crippen LogP contribution is -2.34. The van der Waals surface area contributed by atoms with Crippen molar-refractivity contribution in [1.82, 2.24) is 19.8 Å². The second-order valence-electron chi connectivity index (χ2n) is 5.07. The van der Waals surface area contributed by atoms with E-state index in [1.165, 1.54) is 18.8 Å². The maximum absolute atomic E-state index is 11.7. The van der Waals surface area contributed by atoms with Crippen molar-refractivity contribution in [3.63, 3.8) is 0 Å². The van der Waals surface area contributed by atoms with Gasteiger partial charge in [-0.1, -0.05) is 23.1 Å². The summed E-state index contributed by atoms with van der Waals surface area (Å²) >= 11 is 2.37. The number of aromatic nitrogens is 2. The van der Waals surface area contributed by atoms with Gasteiger partial charge in [-0.05, 0) is 12.8 Å². The highest BCUT2D eigenvalue weighted by molar-refractivity contribution is 8.01. The number of nitrogens with zero attached hydrogens (tertiary/aromatic N) is 3. The quantitative estimate of drug-likeness (QED) is 0.471. The van der Waals surface area contributed by atoms with Crippen molar-refractivity contribution in [2.45, 2.75) is 23.2 Å².